The Morgan fingerprint density at radius 3 is 2.80 bits per heavy atom. The summed E-state index contributed by atoms with van der Waals surface area (Å²) in [5.74, 6) is 0. The van der Waals surface area contributed by atoms with E-state index in [1.165, 1.54) is 15.8 Å². The zero-order valence-corrected chi connectivity index (χ0v) is 12.6. The molecule has 0 fully saturated rings. The van der Waals surface area contributed by atoms with Crippen molar-refractivity contribution >= 4 is 21.6 Å². The second kappa shape index (κ2) is 5.73. The van der Waals surface area contributed by atoms with Crippen LogP contribution in [0.3, 0.4) is 0 Å². The average Bonchev–Trinajstić information content (AvgIpc) is 2.89. The highest BCUT2D eigenvalue weighted by Crippen LogP contribution is 2.26. The maximum Gasteiger partial charge on any atom is 0.111 e. The SMILES string of the molecule is Cc1cccc(CNC(C)c2nc3ccccc3s2)c1. The minimum atomic E-state index is 0.271. The van der Waals surface area contributed by atoms with Crippen molar-refractivity contribution in [1.29, 1.82) is 0 Å². The summed E-state index contributed by atoms with van der Waals surface area (Å²) in [7, 11) is 0. The fraction of sp³-hybridized carbons (Fsp3) is 0.235. The summed E-state index contributed by atoms with van der Waals surface area (Å²) >= 11 is 1.77. The smallest absolute Gasteiger partial charge is 0.111 e. The fourth-order valence-electron chi connectivity index (χ4n) is 2.26. The van der Waals surface area contributed by atoms with Crippen LogP contribution in [-0.2, 0) is 6.54 Å². The Bertz CT molecular complexity index is 685. The van der Waals surface area contributed by atoms with Gasteiger partial charge in [-0.15, -0.1) is 11.3 Å². The zero-order valence-electron chi connectivity index (χ0n) is 11.8. The van der Waals surface area contributed by atoms with Gasteiger partial charge in [0.15, 0.2) is 0 Å². The van der Waals surface area contributed by atoms with Crippen LogP contribution in [0, 0.1) is 6.92 Å². The first-order chi connectivity index (χ1) is 9.72. The molecule has 1 N–H and O–H groups in total. The van der Waals surface area contributed by atoms with Crippen molar-refractivity contribution in [2.24, 2.45) is 0 Å². The number of hydrogen-bond donors (Lipinski definition) is 1. The Kier molecular flexibility index (Phi) is 3.81. The van der Waals surface area contributed by atoms with Crippen LogP contribution in [0.25, 0.3) is 10.2 Å². The molecular weight excluding hydrogens is 264 g/mol. The quantitative estimate of drug-likeness (QED) is 0.764. The van der Waals surface area contributed by atoms with E-state index in [1.807, 2.05) is 6.07 Å². The lowest BCUT2D eigenvalue weighted by Crippen LogP contribution is -2.17. The number of rotatable bonds is 4. The normalized spacial score (nSPS) is 12.7. The van der Waals surface area contributed by atoms with Gasteiger partial charge in [-0.05, 0) is 31.5 Å². The van der Waals surface area contributed by atoms with Gasteiger partial charge in [0.1, 0.15) is 5.01 Å². The van der Waals surface area contributed by atoms with Crippen molar-refractivity contribution < 1.29 is 0 Å². The molecule has 0 aliphatic heterocycles. The minimum absolute atomic E-state index is 0.271. The van der Waals surface area contributed by atoms with Crippen molar-refractivity contribution in [1.82, 2.24) is 10.3 Å². The van der Waals surface area contributed by atoms with E-state index in [0.717, 1.165) is 17.1 Å². The lowest BCUT2D eigenvalue weighted by atomic mass is 10.1. The summed E-state index contributed by atoms with van der Waals surface area (Å²) < 4.78 is 1.26. The molecule has 0 saturated heterocycles. The van der Waals surface area contributed by atoms with E-state index in [2.05, 4.69) is 61.6 Å². The third-order valence-corrected chi connectivity index (χ3v) is 4.59. The van der Waals surface area contributed by atoms with E-state index < -0.39 is 0 Å². The van der Waals surface area contributed by atoms with Crippen LogP contribution >= 0.6 is 11.3 Å². The number of benzene rings is 2. The molecule has 0 aliphatic rings. The molecule has 0 aliphatic carbocycles. The first-order valence-corrected chi connectivity index (χ1v) is 7.68. The van der Waals surface area contributed by atoms with E-state index in [9.17, 15) is 0 Å². The highest BCUT2D eigenvalue weighted by Gasteiger charge is 2.10. The maximum absolute atomic E-state index is 4.70. The number of para-hydroxylation sites is 1. The number of nitrogens with one attached hydrogen (secondary N) is 1. The molecule has 1 unspecified atom stereocenters. The van der Waals surface area contributed by atoms with Crippen molar-refractivity contribution in [3.05, 3.63) is 64.7 Å². The highest BCUT2D eigenvalue weighted by atomic mass is 32.1. The molecule has 0 bridgehead atoms. The molecule has 1 atom stereocenters. The standard InChI is InChI=1S/C17H18N2S/c1-12-6-5-7-14(10-12)11-18-13(2)17-19-15-8-3-4-9-16(15)20-17/h3-10,13,18H,11H2,1-2H3. The van der Waals surface area contributed by atoms with Gasteiger partial charge in [0, 0.05) is 6.54 Å². The lowest BCUT2D eigenvalue weighted by Gasteiger charge is -2.11. The van der Waals surface area contributed by atoms with E-state index in [1.54, 1.807) is 11.3 Å². The number of thiazole rings is 1. The van der Waals surface area contributed by atoms with E-state index >= 15 is 0 Å². The minimum Gasteiger partial charge on any atom is -0.304 e. The van der Waals surface area contributed by atoms with Gasteiger partial charge in [0.05, 0.1) is 16.3 Å². The molecule has 0 amide bonds. The molecule has 102 valence electrons. The number of nitrogens with zero attached hydrogens (tertiary/aromatic N) is 1. The molecule has 1 heterocycles. The van der Waals surface area contributed by atoms with E-state index in [0.29, 0.717) is 0 Å². The molecule has 20 heavy (non-hydrogen) atoms. The van der Waals surface area contributed by atoms with Crippen LogP contribution in [0.1, 0.15) is 29.1 Å². The summed E-state index contributed by atoms with van der Waals surface area (Å²) in [4.78, 5) is 4.70. The number of hydrogen-bond acceptors (Lipinski definition) is 3. The molecule has 2 nitrogen and oxygen atoms in total. The third kappa shape index (κ3) is 2.89. The second-order valence-corrected chi connectivity index (χ2v) is 6.17. The lowest BCUT2D eigenvalue weighted by molar-refractivity contribution is 0.572. The molecule has 3 heteroatoms. The summed E-state index contributed by atoms with van der Waals surface area (Å²) in [6.07, 6.45) is 0. The Hall–Kier alpha value is -1.71. The Balaban J connectivity index is 1.71. The Labute approximate surface area is 123 Å². The highest BCUT2D eigenvalue weighted by molar-refractivity contribution is 7.18. The number of fused-ring (bicyclic) bond motifs is 1. The topological polar surface area (TPSA) is 24.9 Å². The predicted octanol–water partition coefficient (Wildman–Crippen LogP) is 4.46. The number of aryl methyl sites for hydroxylation is 1. The first-order valence-electron chi connectivity index (χ1n) is 6.87. The summed E-state index contributed by atoms with van der Waals surface area (Å²) in [6.45, 7) is 5.17. The van der Waals surface area contributed by atoms with Gasteiger partial charge in [0.2, 0.25) is 0 Å². The van der Waals surface area contributed by atoms with Crippen LogP contribution in [0.2, 0.25) is 0 Å². The van der Waals surface area contributed by atoms with Crippen molar-refractivity contribution in [3.63, 3.8) is 0 Å². The summed E-state index contributed by atoms with van der Waals surface area (Å²) in [5, 5.41) is 4.70. The molecule has 3 rings (SSSR count). The molecule has 0 spiro atoms. The molecular formula is C17H18N2S. The van der Waals surface area contributed by atoms with Crippen LogP contribution < -0.4 is 5.32 Å². The Morgan fingerprint density at radius 1 is 1.15 bits per heavy atom. The van der Waals surface area contributed by atoms with Crippen LogP contribution in [0.4, 0.5) is 0 Å². The third-order valence-electron chi connectivity index (χ3n) is 3.38. The van der Waals surface area contributed by atoms with E-state index in [4.69, 9.17) is 4.98 Å². The summed E-state index contributed by atoms with van der Waals surface area (Å²) in [6, 6.07) is 17.2. The molecule has 0 radical (unpaired) electrons. The van der Waals surface area contributed by atoms with Crippen LogP contribution in [0.5, 0.6) is 0 Å². The van der Waals surface area contributed by atoms with Gasteiger partial charge in [-0.2, -0.15) is 0 Å². The van der Waals surface area contributed by atoms with Gasteiger partial charge in [-0.3, -0.25) is 0 Å². The molecule has 0 saturated carbocycles. The number of aromatic nitrogens is 1. The van der Waals surface area contributed by atoms with Crippen molar-refractivity contribution in [2.45, 2.75) is 26.4 Å². The monoisotopic (exact) mass is 282 g/mol. The van der Waals surface area contributed by atoms with Crippen molar-refractivity contribution in [2.75, 3.05) is 0 Å². The summed E-state index contributed by atoms with van der Waals surface area (Å²) in [5.41, 5.74) is 3.71. The van der Waals surface area contributed by atoms with Gasteiger partial charge < -0.3 is 5.32 Å². The predicted molar refractivity (Wildman–Crippen MR) is 86.1 cm³/mol. The second-order valence-electron chi connectivity index (χ2n) is 5.11. The van der Waals surface area contributed by atoms with Gasteiger partial charge in [0.25, 0.3) is 0 Å². The zero-order chi connectivity index (χ0) is 13.9. The molecule has 2 aromatic carbocycles. The van der Waals surface area contributed by atoms with Gasteiger partial charge in [-0.25, -0.2) is 4.98 Å². The average molecular weight is 282 g/mol. The van der Waals surface area contributed by atoms with Crippen LogP contribution in [0.15, 0.2) is 48.5 Å². The fourth-order valence-corrected chi connectivity index (χ4v) is 3.25. The molecule has 3 aromatic rings. The first kappa shape index (κ1) is 13.3. The largest absolute Gasteiger partial charge is 0.304 e. The van der Waals surface area contributed by atoms with E-state index in [-0.39, 0.29) is 6.04 Å². The van der Waals surface area contributed by atoms with Crippen LogP contribution in [-0.4, -0.2) is 4.98 Å². The van der Waals surface area contributed by atoms with Gasteiger partial charge in [-0.1, -0.05) is 42.0 Å². The Morgan fingerprint density at radius 2 is 2.00 bits per heavy atom. The van der Waals surface area contributed by atoms with Gasteiger partial charge >= 0.3 is 0 Å². The maximum atomic E-state index is 4.70. The molecule has 1 aromatic heterocycles. The van der Waals surface area contributed by atoms with Crippen molar-refractivity contribution in [3.8, 4) is 0 Å².